The molecule has 0 bridgehead atoms. The summed E-state index contributed by atoms with van der Waals surface area (Å²) in [5.74, 6) is -0.468. The van der Waals surface area contributed by atoms with E-state index in [4.69, 9.17) is 0 Å². The quantitative estimate of drug-likeness (QED) is 0.845. The largest absolute Gasteiger partial charge is 0.350 e. The van der Waals surface area contributed by atoms with Crippen LogP contribution in [0.15, 0.2) is 24.5 Å². The average Bonchev–Trinajstić information content (AvgIpc) is 2.95. The van der Waals surface area contributed by atoms with Gasteiger partial charge in [0.25, 0.3) is 5.92 Å². The minimum absolute atomic E-state index is 0.129. The van der Waals surface area contributed by atoms with Crippen molar-refractivity contribution in [1.29, 1.82) is 0 Å². The van der Waals surface area contributed by atoms with Crippen LogP contribution in [0.2, 0.25) is 0 Å². The summed E-state index contributed by atoms with van der Waals surface area (Å²) in [5, 5.41) is 3.18. The van der Waals surface area contributed by atoms with Gasteiger partial charge >= 0.3 is 0 Å². The maximum atomic E-state index is 13.7. The molecule has 6 nitrogen and oxygen atoms in total. The van der Waals surface area contributed by atoms with Crippen molar-refractivity contribution < 1.29 is 8.78 Å². The van der Waals surface area contributed by atoms with Crippen molar-refractivity contribution in [3.05, 3.63) is 35.8 Å². The first-order valence-electron chi connectivity index (χ1n) is 9.73. The van der Waals surface area contributed by atoms with Crippen LogP contribution in [0.5, 0.6) is 0 Å². The molecule has 0 radical (unpaired) electrons. The molecule has 8 heteroatoms. The summed E-state index contributed by atoms with van der Waals surface area (Å²) in [6.07, 6.45) is 3.20. The Morgan fingerprint density at radius 1 is 1.14 bits per heavy atom. The Kier molecular flexibility index (Phi) is 4.91. The second-order valence-corrected chi connectivity index (χ2v) is 8.08. The van der Waals surface area contributed by atoms with Gasteiger partial charge in [-0.1, -0.05) is 0 Å². The van der Waals surface area contributed by atoms with Crippen LogP contribution in [0, 0.1) is 6.92 Å². The molecule has 2 aliphatic rings. The molecule has 28 heavy (non-hydrogen) atoms. The highest BCUT2D eigenvalue weighted by Crippen LogP contribution is 2.35. The lowest BCUT2D eigenvalue weighted by Gasteiger charge is -2.42. The predicted molar refractivity (Wildman–Crippen MR) is 106 cm³/mol. The van der Waals surface area contributed by atoms with E-state index in [0.717, 1.165) is 24.3 Å². The third-order valence-corrected chi connectivity index (χ3v) is 5.48. The fraction of sp³-hybridized carbons (Fsp3) is 0.550. The van der Waals surface area contributed by atoms with Crippen molar-refractivity contribution in [2.24, 2.45) is 0 Å². The molecule has 0 saturated carbocycles. The van der Waals surface area contributed by atoms with Crippen molar-refractivity contribution >= 4 is 17.5 Å². The number of alkyl halides is 2. The number of likely N-dealkylation sites (tertiary alicyclic amines) is 1. The van der Waals surface area contributed by atoms with Crippen LogP contribution in [0.1, 0.15) is 37.4 Å². The lowest BCUT2D eigenvalue weighted by molar-refractivity contribution is 0.0256. The number of aryl methyl sites for hydroxylation is 1. The van der Waals surface area contributed by atoms with Crippen LogP contribution in [-0.4, -0.2) is 58.0 Å². The Hall–Kier alpha value is -2.35. The number of anilines is 3. The first kappa shape index (κ1) is 19.0. The Bertz CT molecular complexity index is 833. The summed E-state index contributed by atoms with van der Waals surface area (Å²) < 4.78 is 27.5. The number of hydrogen-bond donors (Lipinski definition) is 1. The maximum absolute atomic E-state index is 13.7. The van der Waals surface area contributed by atoms with Gasteiger partial charge in [0.1, 0.15) is 17.5 Å². The molecule has 0 amide bonds. The fourth-order valence-electron chi connectivity index (χ4n) is 3.66. The van der Waals surface area contributed by atoms with Crippen molar-refractivity contribution in [2.75, 3.05) is 36.4 Å². The lowest BCUT2D eigenvalue weighted by Crippen LogP contribution is -2.48. The Morgan fingerprint density at radius 2 is 1.93 bits per heavy atom. The highest BCUT2D eigenvalue weighted by atomic mass is 19.3. The first-order valence-corrected chi connectivity index (χ1v) is 9.73. The van der Waals surface area contributed by atoms with Gasteiger partial charge in [-0.05, 0) is 38.5 Å². The number of nitrogens with zero attached hydrogens (tertiary/aromatic N) is 5. The van der Waals surface area contributed by atoms with E-state index in [1.807, 2.05) is 19.1 Å². The smallest absolute Gasteiger partial charge is 0.266 e. The molecule has 2 aromatic rings. The highest BCUT2D eigenvalue weighted by molar-refractivity contribution is 5.58. The van der Waals surface area contributed by atoms with E-state index < -0.39 is 5.92 Å². The van der Waals surface area contributed by atoms with Gasteiger partial charge in [-0.15, -0.1) is 0 Å². The van der Waals surface area contributed by atoms with E-state index in [1.54, 1.807) is 17.3 Å². The minimum atomic E-state index is -2.65. The van der Waals surface area contributed by atoms with Crippen LogP contribution in [-0.2, 0) is 0 Å². The predicted octanol–water partition coefficient (Wildman–Crippen LogP) is 3.58. The van der Waals surface area contributed by atoms with E-state index in [1.165, 1.54) is 0 Å². The van der Waals surface area contributed by atoms with Crippen molar-refractivity contribution in [1.82, 2.24) is 19.9 Å². The second-order valence-electron chi connectivity index (χ2n) is 8.08. The zero-order valence-electron chi connectivity index (χ0n) is 16.5. The molecule has 150 valence electrons. The monoisotopic (exact) mass is 388 g/mol. The molecule has 0 unspecified atom stereocenters. The van der Waals surface area contributed by atoms with Gasteiger partial charge in [0.15, 0.2) is 0 Å². The van der Waals surface area contributed by atoms with Gasteiger partial charge in [0.05, 0.1) is 24.6 Å². The Morgan fingerprint density at radius 3 is 2.54 bits per heavy atom. The Balaban J connectivity index is 1.60. The van der Waals surface area contributed by atoms with Gasteiger partial charge in [-0.2, -0.15) is 0 Å². The molecule has 2 aliphatic heterocycles. The van der Waals surface area contributed by atoms with Crippen LogP contribution in [0.3, 0.4) is 0 Å². The summed E-state index contributed by atoms with van der Waals surface area (Å²) in [6, 6.07) is 4.48. The normalized spacial score (nSPS) is 19.9. The van der Waals surface area contributed by atoms with E-state index in [2.05, 4.69) is 39.0 Å². The zero-order chi connectivity index (χ0) is 19.9. The fourth-order valence-corrected chi connectivity index (χ4v) is 3.66. The number of rotatable bonds is 5. The molecule has 2 aromatic heterocycles. The molecule has 2 saturated heterocycles. The molecule has 4 heterocycles. The molecule has 0 atom stereocenters. The summed E-state index contributed by atoms with van der Waals surface area (Å²) in [6.45, 7) is 8.22. The number of hydrogen-bond acceptors (Lipinski definition) is 6. The molecular formula is C20H26F2N6. The van der Waals surface area contributed by atoms with Crippen molar-refractivity contribution in [2.45, 2.75) is 45.1 Å². The zero-order valence-corrected chi connectivity index (χ0v) is 16.5. The minimum Gasteiger partial charge on any atom is -0.350 e. The molecule has 1 N–H and O–H groups in total. The first-order chi connectivity index (χ1) is 13.3. The summed E-state index contributed by atoms with van der Waals surface area (Å²) in [7, 11) is 0. The Labute approximate surface area is 164 Å². The summed E-state index contributed by atoms with van der Waals surface area (Å²) >= 11 is 0. The molecule has 4 rings (SSSR count). The van der Waals surface area contributed by atoms with Crippen molar-refractivity contribution in [3.63, 3.8) is 0 Å². The molecule has 0 spiro atoms. The standard InChI is InChI=1S/C20H26F2N6/c1-13(2)28-10-16(11-28)15-6-17(25-18-9-23-14(3)8-24-18)26-19(7-15)27-5-4-20(21,22)12-27/h6-9,13,16H,4-5,10-12H2,1-3H3,(H,24,25,26). The molecule has 2 fully saturated rings. The van der Waals surface area contributed by atoms with E-state index >= 15 is 0 Å². The third kappa shape index (κ3) is 4.06. The molecule has 0 aliphatic carbocycles. The molecule has 0 aromatic carbocycles. The summed E-state index contributed by atoms with van der Waals surface area (Å²) in [5.41, 5.74) is 1.95. The van der Waals surface area contributed by atoms with E-state index in [0.29, 0.717) is 36.0 Å². The number of pyridine rings is 1. The van der Waals surface area contributed by atoms with Crippen LogP contribution < -0.4 is 10.2 Å². The summed E-state index contributed by atoms with van der Waals surface area (Å²) in [4.78, 5) is 17.2. The number of nitrogens with one attached hydrogen (secondary N) is 1. The van der Waals surface area contributed by atoms with Gasteiger partial charge < -0.3 is 10.2 Å². The maximum Gasteiger partial charge on any atom is 0.266 e. The topological polar surface area (TPSA) is 57.2 Å². The van der Waals surface area contributed by atoms with E-state index in [-0.39, 0.29) is 13.0 Å². The lowest BCUT2D eigenvalue weighted by atomic mass is 9.90. The van der Waals surface area contributed by atoms with Crippen molar-refractivity contribution in [3.8, 4) is 0 Å². The second kappa shape index (κ2) is 7.24. The van der Waals surface area contributed by atoms with Crippen LogP contribution >= 0.6 is 0 Å². The van der Waals surface area contributed by atoms with Gasteiger partial charge in [0.2, 0.25) is 0 Å². The number of halogens is 2. The third-order valence-electron chi connectivity index (χ3n) is 5.48. The van der Waals surface area contributed by atoms with Crippen LogP contribution in [0.25, 0.3) is 0 Å². The van der Waals surface area contributed by atoms with Gasteiger partial charge in [-0.25, -0.2) is 18.7 Å². The molecular weight excluding hydrogens is 362 g/mol. The average molecular weight is 388 g/mol. The van der Waals surface area contributed by atoms with Gasteiger partial charge in [0, 0.05) is 38.0 Å². The van der Waals surface area contributed by atoms with Crippen LogP contribution in [0.4, 0.5) is 26.2 Å². The van der Waals surface area contributed by atoms with Gasteiger partial charge in [-0.3, -0.25) is 9.88 Å². The van der Waals surface area contributed by atoms with E-state index in [9.17, 15) is 8.78 Å². The SMILES string of the molecule is Cc1cnc(Nc2cc(C3CN(C(C)C)C3)cc(N3CCC(F)(F)C3)n2)cn1. The highest BCUT2D eigenvalue weighted by Gasteiger charge is 2.39. The number of aromatic nitrogens is 3.